The predicted molar refractivity (Wildman–Crippen MR) is 153 cm³/mol. The number of amides is 1. The van der Waals surface area contributed by atoms with E-state index in [1.807, 2.05) is 0 Å². The summed E-state index contributed by atoms with van der Waals surface area (Å²) in [4.78, 5) is 25.1. The average Bonchev–Trinajstić information content (AvgIpc) is 2.95. The molecule has 4 rings (SSSR count). The van der Waals surface area contributed by atoms with Gasteiger partial charge in [-0.25, -0.2) is 18.6 Å². The maximum Gasteiger partial charge on any atom is 0.343 e. The number of carbonyl (C=O) groups is 2. The Bertz CT molecular complexity index is 1680. The molecule has 0 radical (unpaired) electrons. The Morgan fingerprint density at radius 1 is 0.825 bits per heavy atom. The summed E-state index contributed by atoms with van der Waals surface area (Å²) in [6, 6.07) is 22.9. The van der Waals surface area contributed by atoms with Gasteiger partial charge in [0.1, 0.15) is 0 Å². The van der Waals surface area contributed by atoms with Crippen molar-refractivity contribution in [3.63, 3.8) is 0 Å². The minimum atomic E-state index is -3.75. The third-order valence-electron chi connectivity index (χ3n) is 5.38. The van der Waals surface area contributed by atoms with E-state index in [4.69, 9.17) is 32.7 Å². The van der Waals surface area contributed by atoms with Gasteiger partial charge in [-0.1, -0.05) is 41.4 Å². The van der Waals surface area contributed by atoms with Crippen molar-refractivity contribution in [3.05, 3.63) is 118 Å². The van der Waals surface area contributed by atoms with Gasteiger partial charge < -0.3 is 9.47 Å². The normalized spacial score (nSPS) is 11.2. The van der Waals surface area contributed by atoms with Crippen LogP contribution in [0.25, 0.3) is 0 Å². The standard InChI is InChI=1S/C28H21Cl2N3O6S/c1-38-26-15-18(7-14-25(26)39-28(35)20-10-13-23(29)24(30)16-20)17-31-32-27(34)19-8-11-21(12-9-19)33-40(36,37)22-5-3-2-4-6-22/h2-17,33H,1H3,(H,32,34)/b31-17-. The van der Waals surface area contributed by atoms with E-state index in [-0.39, 0.29) is 32.5 Å². The maximum atomic E-state index is 12.5. The molecule has 0 atom stereocenters. The second-order valence-electron chi connectivity index (χ2n) is 8.12. The fourth-order valence-corrected chi connectivity index (χ4v) is 4.74. The Morgan fingerprint density at radius 3 is 2.20 bits per heavy atom. The fraction of sp³-hybridized carbons (Fsp3) is 0.0357. The van der Waals surface area contributed by atoms with Crippen molar-refractivity contribution in [1.82, 2.24) is 5.43 Å². The van der Waals surface area contributed by atoms with Crippen LogP contribution in [-0.4, -0.2) is 33.6 Å². The lowest BCUT2D eigenvalue weighted by molar-refractivity contribution is 0.0729. The van der Waals surface area contributed by atoms with E-state index in [2.05, 4.69) is 15.2 Å². The first-order valence-corrected chi connectivity index (χ1v) is 13.8. The average molecular weight is 598 g/mol. The molecule has 0 unspecified atom stereocenters. The number of anilines is 1. The van der Waals surface area contributed by atoms with Crippen LogP contribution in [0.4, 0.5) is 5.69 Å². The molecule has 0 aromatic heterocycles. The first-order chi connectivity index (χ1) is 19.2. The zero-order valence-electron chi connectivity index (χ0n) is 20.8. The SMILES string of the molecule is COc1cc(/C=N\NC(=O)c2ccc(NS(=O)(=O)c3ccccc3)cc2)ccc1OC(=O)c1ccc(Cl)c(Cl)c1. The number of esters is 1. The van der Waals surface area contributed by atoms with Gasteiger partial charge in [0.25, 0.3) is 15.9 Å². The number of hydrazone groups is 1. The Morgan fingerprint density at radius 2 is 1.52 bits per heavy atom. The molecule has 0 heterocycles. The van der Waals surface area contributed by atoms with E-state index in [1.54, 1.807) is 30.3 Å². The van der Waals surface area contributed by atoms with Gasteiger partial charge in [0.05, 0.1) is 33.8 Å². The Balaban J connectivity index is 1.36. The van der Waals surface area contributed by atoms with Crippen molar-refractivity contribution in [2.75, 3.05) is 11.8 Å². The summed E-state index contributed by atoms with van der Waals surface area (Å²) < 4.78 is 38.1. The summed E-state index contributed by atoms with van der Waals surface area (Å²) in [5.41, 5.74) is 3.73. The highest BCUT2D eigenvalue weighted by molar-refractivity contribution is 7.92. The molecule has 204 valence electrons. The molecule has 0 fully saturated rings. The molecule has 4 aromatic carbocycles. The summed E-state index contributed by atoms with van der Waals surface area (Å²) in [7, 11) is -2.33. The smallest absolute Gasteiger partial charge is 0.343 e. The zero-order chi connectivity index (χ0) is 28.7. The molecule has 2 N–H and O–H groups in total. The quantitative estimate of drug-likeness (QED) is 0.109. The van der Waals surface area contributed by atoms with Crippen LogP contribution in [0, 0.1) is 0 Å². The van der Waals surface area contributed by atoms with Gasteiger partial charge >= 0.3 is 5.97 Å². The molecule has 1 amide bonds. The number of benzene rings is 4. The molecular weight excluding hydrogens is 577 g/mol. The van der Waals surface area contributed by atoms with Crippen molar-refractivity contribution in [1.29, 1.82) is 0 Å². The van der Waals surface area contributed by atoms with Crippen LogP contribution in [0.2, 0.25) is 10.0 Å². The summed E-state index contributed by atoms with van der Waals surface area (Å²) in [6.07, 6.45) is 1.38. The molecule has 0 aliphatic heterocycles. The third kappa shape index (κ3) is 7.17. The van der Waals surface area contributed by atoms with Crippen LogP contribution in [0.1, 0.15) is 26.3 Å². The summed E-state index contributed by atoms with van der Waals surface area (Å²) in [5, 5.41) is 4.48. The van der Waals surface area contributed by atoms with Crippen molar-refractivity contribution >= 4 is 57.0 Å². The van der Waals surface area contributed by atoms with Crippen LogP contribution in [0.5, 0.6) is 11.5 Å². The Labute approximate surface area is 240 Å². The first-order valence-electron chi connectivity index (χ1n) is 11.5. The molecule has 12 heteroatoms. The topological polar surface area (TPSA) is 123 Å². The van der Waals surface area contributed by atoms with Crippen molar-refractivity contribution in [2.24, 2.45) is 5.10 Å². The number of hydrogen-bond acceptors (Lipinski definition) is 7. The Hall–Kier alpha value is -4.38. The summed E-state index contributed by atoms with van der Waals surface area (Å²) in [6.45, 7) is 0. The van der Waals surface area contributed by atoms with Gasteiger partial charge in [-0.15, -0.1) is 0 Å². The largest absolute Gasteiger partial charge is 0.493 e. The second-order valence-corrected chi connectivity index (χ2v) is 10.6. The molecule has 9 nitrogen and oxygen atoms in total. The molecule has 0 aliphatic carbocycles. The van der Waals surface area contributed by atoms with Gasteiger partial charge in [-0.2, -0.15) is 5.10 Å². The molecule has 40 heavy (non-hydrogen) atoms. The number of carbonyl (C=O) groups excluding carboxylic acids is 2. The van der Waals surface area contributed by atoms with Gasteiger partial charge in [0.15, 0.2) is 11.5 Å². The van der Waals surface area contributed by atoms with E-state index in [9.17, 15) is 18.0 Å². The zero-order valence-corrected chi connectivity index (χ0v) is 23.1. The summed E-state index contributed by atoms with van der Waals surface area (Å²) >= 11 is 11.9. The fourth-order valence-electron chi connectivity index (χ4n) is 3.36. The molecule has 0 aliphatic rings. The van der Waals surface area contributed by atoms with Gasteiger partial charge in [0.2, 0.25) is 0 Å². The van der Waals surface area contributed by atoms with Crippen LogP contribution >= 0.6 is 23.2 Å². The Kier molecular flexibility index (Phi) is 9.05. The lowest BCUT2D eigenvalue weighted by atomic mass is 10.2. The van der Waals surface area contributed by atoms with E-state index in [0.29, 0.717) is 16.3 Å². The highest BCUT2D eigenvalue weighted by Crippen LogP contribution is 2.29. The molecule has 0 bridgehead atoms. The number of methoxy groups -OCH3 is 1. The number of nitrogens with zero attached hydrogens (tertiary/aromatic N) is 1. The number of halogens is 2. The van der Waals surface area contributed by atoms with Crippen LogP contribution < -0.4 is 19.6 Å². The van der Waals surface area contributed by atoms with Crippen molar-refractivity contribution in [3.8, 4) is 11.5 Å². The van der Waals surface area contributed by atoms with Crippen molar-refractivity contribution in [2.45, 2.75) is 4.90 Å². The minimum absolute atomic E-state index is 0.125. The lowest BCUT2D eigenvalue weighted by Gasteiger charge is -2.10. The summed E-state index contributed by atoms with van der Waals surface area (Å²) in [5.74, 6) is -0.725. The van der Waals surface area contributed by atoms with Crippen LogP contribution in [-0.2, 0) is 10.0 Å². The highest BCUT2D eigenvalue weighted by Gasteiger charge is 2.15. The van der Waals surface area contributed by atoms with Crippen molar-refractivity contribution < 1.29 is 27.5 Å². The molecule has 4 aromatic rings. The first kappa shape index (κ1) is 28.6. The van der Waals surface area contributed by atoms with Gasteiger partial charge in [-0.05, 0) is 78.4 Å². The molecule has 0 saturated heterocycles. The molecule has 0 saturated carbocycles. The van der Waals surface area contributed by atoms with E-state index < -0.39 is 21.9 Å². The monoisotopic (exact) mass is 597 g/mol. The van der Waals surface area contributed by atoms with Gasteiger partial charge in [0, 0.05) is 11.3 Å². The third-order valence-corrected chi connectivity index (χ3v) is 7.51. The second kappa shape index (κ2) is 12.6. The maximum absolute atomic E-state index is 12.5. The number of rotatable bonds is 9. The molecular formula is C28H21Cl2N3O6S. The highest BCUT2D eigenvalue weighted by atomic mass is 35.5. The number of sulfonamides is 1. The lowest BCUT2D eigenvalue weighted by Crippen LogP contribution is -2.18. The van der Waals surface area contributed by atoms with E-state index in [1.165, 1.54) is 74.0 Å². The predicted octanol–water partition coefficient (Wildman–Crippen LogP) is 5.79. The minimum Gasteiger partial charge on any atom is -0.493 e. The van der Waals surface area contributed by atoms with E-state index >= 15 is 0 Å². The number of ether oxygens (including phenoxy) is 2. The number of hydrogen-bond donors (Lipinski definition) is 2. The van der Waals surface area contributed by atoms with Crippen LogP contribution in [0.15, 0.2) is 101 Å². The van der Waals surface area contributed by atoms with Gasteiger partial charge in [-0.3, -0.25) is 9.52 Å². The van der Waals surface area contributed by atoms with Crippen LogP contribution in [0.3, 0.4) is 0 Å². The molecule has 0 spiro atoms. The van der Waals surface area contributed by atoms with E-state index in [0.717, 1.165) is 0 Å². The number of nitrogens with one attached hydrogen (secondary N) is 2.